The summed E-state index contributed by atoms with van der Waals surface area (Å²) in [6.07, 6.45) is 14.0. The van der Waals surface area contributed by atoms with Gasteiger partial charge in [-0.1, -0.05) is 12.2 Å². The molecule has 0 saturated heterocycles. The maximum atomic E-state index is 12.1. The van der Waals surface area contributed by atoms with Gasteiger partial charge < -0.3 is 5.32 Å². The van der Waals surface area contributed by atoms with Crippen LogP contribution in [-0.4, -0.2) is 20.4 Å². The molecule has 2 aromatic heterocycles. The van der Waals surface area contributed by atoms with Gasteiger partial charge in [-0.25, -0.2) is 9.97 Å². The van der Waals surface area contributed by atoms with Gasteiger partial charge in [0.1, 0.15) is 12.1 Å². The Bertz CT molecular complexity index is 633. The highest BCUT2D eigenvalue weighted by Gasteiger charge is 2.18. The van der Waals surface area contributed by atoms with Gasteiger partial charge >= 0.3 is 0 Å². The molecule has 0 aliphatic heterocycles. The molecule has 108 valence electrons. The Balaban J connectivity index is 1.61. The summed E-state index contributed by atoms with van der Waals surface area (Å²) in [7, 11) is 0. The molecule has 0 fully saturated rings. The third kappa shape index (κ3) is 3.37. The van der Waals surface area contributed by atoms with Crippen LogP contribution in [-0.2, 0) is 11.3 Å². The molecule has 0 radical (unpaired) electrons. The first-order chi connectivity index (χ1) is 10.3. The summed E-state index contributed by atoms with van der Waals surface area (Å²) in [5.41, 5.74) is 1.04. The lowest BCUT2D eigenvalue weighted by Crippen LogP contribution is -2.30. The van der Waals surface area contributed by atoms with E-state index in [1.54, 1.807) is 18.7 Å². The van der Waals surface area contributed by atoms with Gasteiger partial charge in [0, 0.05) is 31.1 Å². The molecule has 1 aliphatic rings. The SMILES string of the molecule is O=C(NCc1ccnc(-n2ccnc2)c1)[C@@H]1CC=CCC1. The maximum Gasteiger partial charge on any atom is 0.223 e. The second-order valence-corrected chi connectivity index (χ2v) is 5.19. The molecule has 5 heteroatoms. The van der Waals surface area contributed by atoms with Crippen LogP contribution in [0, 0.1) is 5.92 Å². The third-order valence-corrected chi connectivity index (χ3v) is 3.69. The van der Waals surface area contributed by atoms with Gasteiger partial charge in [0.2, 0.25) is 5.91 Å². The monoisotopic (exact) mass is 282 g/mol. The third-order valence-electron chi connectivity index (χ3n) is 3.69. The van der Waals surface area contributed by atoms with Crippen LogP contribution in [0.2, 0.25) is 0 Å². The van der Waals surface area contributed by atoms with Gasteiger partial charge in [-0.15, -0.1) is 0 Å². The summed E-state index contributed by atoms with van der Waals surface area (Å²) in [5.74, 6) is 1.06. The Morgan fingerprint density at radius 3 is 3.10 bits per heavy atom. The van der Waals surface area contributed by atoms with E-state index in [1.165, 1.54) is 0 Å². The van der Waals surface area contributed by atoms with Crippen molar-refractivity contribution in [2.45, 2.75) is 25.8 Å². The second-order valence-electron chi connectivity index (χ2n) is 5.19. The highest BCUT2D eigenvalue weighted by Crippen LogP contribution is 2.18. The average Bonchev–Trinajstić information content (AvgIpc) is 3.08. The lowest BCUT2D eigenvalue weighted by atomic mass is 9.93. The predicted molar refractivity (Wildman–Crippen MR) is 79.7 cm³/mol. The highest BCUT2D eigenvalue weighted by molar-refractivity contribution is 5.78. The molecule has 1 aliphatic carbocycles. The van der Waals surface area contributed by atoms with Gasteiger partial charge in [-0.2, -0.15) is 0 Å². The van der Waals surface area contributed by atoms with Crippen LogP contribution in [0.1, 0.15) is 24.8 Å². The minimum atomic E-state index is 0.116. The van der Waals surface area contributed by atoms with Crippen molar-refractivity contribution in [2.24, 2.45) is 5.92 Å². The number of rotatable bonds is 4. The van der Waals surface area contributed by atoms with Crippen LogP contribution in [0.4, 0.5) is 0 Å². The van der Waals surface area contributed by atoms with Crippen molar-refractivity contribution in [3.63, 3.8) is 0 Å². The summed E-state index contributed by atoms with van der Waals surface area (Å²) < 4.78 is 1.84. The summed E-state index contributed by atoms with van der Waals surface area (Å²) in [6, 6.07) is 3.88. The maximum absolute atomic E-state index is 12.1. The van der Waals surface area contributed by atoms with Crippen molar-refractivity contribution in [3.05, 3.63) is 54.8 Å². The molecule has 0 saturated carbocycles. The van der Waals surface area contributed by atoms with E-state index in [1.807, 2.05) is 22.9 Å². The van der Waals surface area contributed by atoms with Crippen molar-refractivity contribution >= 4 is 5.91 Å². The van der Waals surface area contributed by atoms with Crippen LogP contribution < -0.4 is 5.32 Å². The number of imidazole rings is 1. The molecule has 0 spiro atoms. The smallest absolute Gasteiger partial charge is 0.223 e. The van der Waals surface area contributed by atoms with Gasteiger partial charge in [0.05, 0.1) is 0 Å². The van der Waals surface area contributed by atoms with E-state index < -0.39 is 0 Å². The lowest BCUT2D eigenvalue weighted by molar-refractivity contribution is -0.125. The van der Waals surface area contributed by atoms with Crippen molar-refractivity contribution in [3.8, 4) is 5.82 Å². The number of hydrogen-bond donors (Lipinski definition) is 1. The molecule has 0 bridgehead atoms. The summed E-state index contributed by atoms with van der Waals surface area (Å²) in [5, 5.41) is 3.02. The van der Waals surface area contributed by atoms with E-state index in [0.717, 1.165) is 30.6 Å². The van der Waals surface area contributed by atoms with E-state index in [9.17, 15) is 4.79 Å². The van der Waals surface area contributed by atoms with E-state index in [2.05, 4.69) is 27.4 Å². The van der Waals surface area contributed by atoms with Crippen LogP contribution in [0.15, 0.2) is 49.2 Å². The second kappa shape index (κ2) is 6.35. The minimum absolute atomic E-state index is 0.116. The molecule has 2 heterocycles. The Labute approximate surface area is 123 Å². The Hall–Kier alpha value is -2.43. The fourth-order valence-electron chi connectivity index (χ4n) is 2.47. The number of carbonyl (C=O) groups excluding carboxylic acids is 1. The molecular weight excluding hydrogens is 264 g/mol. The lowest BCUT2D eigenvalue weighted by Gasteiger charge is -2.17. The molecule has 3 rings (SSSR count). The van der Waals surface area contributed by atoms with Gasteiger partial charge in [-0.3, -0.25) is 9.36 Å². The Morgan fingerprint density at radius 1 is 1.38 bits per heavy atom. The summed E-state index contributed by atoms with van der Waals surface area (Å²) in [4.78, 5) is 20.4. The minimum Gasteiger partial charge on any atom is -0.352 e. The zero-order valence-corrected chi connectivity index (χ0v) is 11.8. The quantitative estimate of drug-likeness (QED) is 0.875. The number of hydrogen-bond acceptors (Lipinski definition) is 3. The molecule has 0 unspecified atom stereocenters. The predicted octanol–water partition coefficient (Wildman–Crippen LogP) is 2.24. The van der Waals surface area contributed by atoms with Crippen molar-refractivity contribution in [1.82, 2.24) is 19.9 Å². The van der Waals surface area contributed by atoms with E-state index >= 15 is 0 Å². The molecule has 1 atom stereocenters. The van der Waals surface area contributed by atoms with E-state index in [4.69, 9.17) is 0 Å². The largest absolute Gasteiger partial charge is 0.352 e. The van der Waals surface area contributed by atoms with Crippen LogP contribution in [0.3, 0.4) is 0 Å². The van der Waals surface area contributed by atoms with E-state index in [0.29, 0.717) is 6.54 Å². The first-order valence-electron chi connectivity index (χ1n) is 7.19. The molecule has 1 amide bonds. The van der Waals surface area contributed by atoms with Gasteiger partial charge in [0.15, 0.2) is 0 Å². The number of allylic oxidation sites excluding steroid dienone is 2. The number of nitrogens with one attached hydrogen (secondary N) is 1. The number of pyridine rings is 1. The van der Waals surface area contributed by atoms with Gasteiger partial charge in [-0.05, 0) is 37.0 Å². The number of nitrogens with zero attached hydrogens (tertiary/aromatic N) is 3. The van der Waals surface area contributed by atoms with Crippen molar-refractivity contribution in [2.75, 3.05) is 0 Å². The van der Waals surface area contributed by atoms with E-state index in [-0.39, 0.29) is 11.8 Å². The van der Waals surface area contributed by atoms with Crippen LogP contribution >= 0.6 is 0 Å². The number of carbonyl (C=O) groups is 1. The molecular formula is C16H18N4O. The summed E-state index contributed by atoms with van der Waals surface area (Å²) >= 11 is 0. The molecule has 5 nitrogen and oxygen atoms in total. The molecule has 21 heavy (non-hydrogen) atoms. The Morgan fingerprint density at radius 2 is 2.33 bits per heavy atom. The number of amides is 1. The van der Waals surface area contributed by atoms with Crippen LogP contribution in [0.5, 0.6) is 0 Å². The Kier molecular flexibility index (Phi) is 4.09. The first-order valence-corrected chi connectivity index (χ1v) is 7.19. The molecule has 2 aromatic rings. The molecule has 0 aromatic carbocycles. The number of aromatic nitrogens is 3. The molecule has 1 N–H and O–H groups in total. The fraction of sp³-hybridized carbons (Fsp3) is 0.312. The zero-order chi connectivity index (χ0) is 14.5. The average molecular weight is 282 g/mol. The zero-order valence-electron chi connectivity index (χ0n) is 11.8. The normalized spacial score (nSPS) is 17.6. The van der Waals surface area contributed by atoms with Crippen LogP contribution in [0.25, 0.3) is 5.82 Å². The topological polar surface area (TPSA) is 59.8 Å². The fourth-order valence-corrected chi connectivity index (χ4v) is 2.47. The highest BCUT2D eigenvalue weighted by atomic mass is 16.1. The first kappa shape index (κ1) is 13.5. The standard InChI is InChI=1S/C16H18N4O/c21-16(14-4-2-1-3-5-14)19-11-13-6-7-18-15(10-13)20-9-8-17-12-20/h1-2,6-10,12,14H,3-5,11H2,(H,19,21)/t14-/m1/s1. The van der Waals surface area contributed by atoms with Crippen molar-refractivity contribution in [1.29, 1.82) is 0 Å². The van der Waals surface area contributed by atoms with Gasteiger partial charge in [0.25, 0.3) is 0 Å². The van der Waals surface area contributed by atoms with Crippen molar-refractivity contribution < 1.29 is 4.79 Å². The summed E-state index contributed by atoms with van der Waals surface area (Å²) in [6.45, 7) is 0.531.